The maximum atomic E-state index is 13.6. The van der Waals surface area contributed by atoms with E-state index in [1.165, 1.54) is 6.92 Å². The van der Waals surface area contributed by atoms with E-state index in [-0.39, 0.29) is 16.8 Å². The fourth-order valence-electron chi connectivity index (χ4n) is 2.48. The van der Waals surface area contributed by atoms with E-state index in [9.17, 15) is 40.8 Å². The van der Waals surface area contributed by atoms with Crippen LogP contribution in [0.3, 0.4) is 0 Å². The van der Waals surface area contributed by atoms with Gasteiger partial charge in [0.05, 0.1) is 10.5 Å². The molecule has 1 aromatic carbocycles. The number of halogens is 8. The van der Waals surface area contributed by atoms with Crippen molar-refractivity contribution < 1.29 is 40.4 Å². The third-order valence-corrected chi connectivity index (χ3v) is 3.95. The molecule has 1 heterocycles. The molecule has 6 nitrogen and oxygen atoms in total. The lowest BCUT2D eigenvalue weighted by Gasteiger charge is -2.15. The van der Waals surface area contributed by atoms with Crippen LogP contribution in [0.1, 0.15) is 22.4 Å². The minimum atomic E-state index is -5.36. The summed E-state index contributed by atoms with van der Waals surface area (Å²) in [6, 6.07) is 3.23. The second-order valence-electron chi connectivity index (χ2n) is 5.44. The van der Waals surface area contributed by atoms with Crippen molar-refractivity contribution in [3.8, 4) is 5.88 Å². The first kappa shape index (κ1) is 22.2. The maximum absolute atomic E-state index is 13.6. The summed E-state index contributed by atoms with van der Waals surface area (Å²) in [4.78, 5) is 10.1. The Bertz CT molecular complexity index is 894. The van der Waals surface area contributed by atoms with Crippen molar-refractivity contribution in [2.45, 2.75) is 30.2 Å². The summed E-state index contributed by atoms with van der Waals surface area (Å²) in [6.07, 6.45) is -6.14. The van der Waals surface area contributed by atoms with Crippen LogP contribution in [-0.4, -0.2) is 21.3 Å². The lowest BCUT2D eigenvalue weighted by molar-refractivity contribution is -0.385. The van der Waals surface area contributed by atoms with E-state index in [2.05, 4.69) is 9.84 Å². The Kier molecular flexibility index (Phi) is 6.10. The molecule has 0 aliphatic carbocycles. The third kappa shape index (κ3) is 4.82. The zero-order valence-electron chi connectivity index (χ0n) is 13.6. The van der Waals surface area contributed by atoms with E-state index in [1.54, 1.807) is 0 Å². The van der Waals surface area contributed by atoms with E-state index in [1.807, 2.05) is 0 Å². The summed E-state index contributed by atoms with van der Waals surface area (Å²) >= 11 is 0.369. The molecular formula is C14H9F7IN3O3. The standard InChI is InChI=1S/C14H9F7IN3O3/c1-6-4-7(2-3-9(6)25(26)27)5-8-10(13(17,18)19)24(14(20,21)22)23-11(8)28-12(15)16/h2-4,12H,5H2,1H3. The van der Waals surface area contributed by atoms with Crippen LogP contribution in [0.15, 0.2) is 18.2 Å². The van der Waals surface area contributed by atoms with Gasteiger partial charge in [-0.15, -0.1) is 5.10 Å². The minimum Gasteiger partial charge on any atom is -0.415 e. The molecular weight excluding hydrogens is 518 g/mol. The van der Waals surface area contributed by atoms with Crippen LogP contribution in [0.4, 0.5) is 36.4 Å². The van der Waals surface area contributed by atoms with Crippen LogP contribution in [-0.2, 0) is 16.7 Å². The van der Waals surface area contributed by atoms with Crippen molar-refractivity contribution >= 4 is 28.3 Å². The van der Waals surface area contributed by atoms with Gasteiger partial charge in [-0.1, -0.05) is 6.07 Å². The summed E-state index contributed by atoms with van der Waals surface area (Å²) in [5.41, 5.74) is -3.22. The fraction of sp³-hybridized carbons (Fsp3) is 0.357. The smallest absolute Gasteiger partial charge is 0.415 e. The highest BCUT2D eigenvalue weighted by atomic mass is 127. The highest BCUT2D eigenvalue weighted by Gasteiger charge is 2.46. The molecule has 0 radical (unpaired) electrons. The molecule has 0 aliphatic rings. The lowest BCUT2D eigenvalue weighted by atomic mass is 10.0. The molecule has 0 bridgehead atoms. The quantitative estimate of drug-likeness (QED) is 0.169. The Morgan fingerprint density at radius 3 is 2.32 bits per heavy atom. The Balaban J connectivity index is 2.65. The van der Waals surface area contributed by atoms with E-state index in [0.29, 0.717) is 22.6 Å². The summed E-state index contributed by atoms with van der Waals surface area (Å²) < 4.78 is 91.5. The number of nitro benzene ring substituents is 1. The average molecular weight is 527 g/mol. The predicted molar refractivity (Wildman–Crippen MR) is 88.7 cm³/mol. The number of aromatic nitrogens is 2. The molecule has 2 aromatic rings. The molecule has 0 saturated heterocycles. The molecule has 0 fully saturated rings. The maximum Gasteiger partial charge on any atom is 0.433 e. The van der Waals surface area contributed by atoms with Crippen molar-refractivity contribution in [3.63, 3.8) is 0 Å². The monoisotopic (exact) mass is 527 g/mol. The van der Waals surface area contributed by atoms with Gasteiger partial charge in [0.1, 0.15) is 0 Å². The Labute approximate surface area is 165 Å². The Morgan fingerprint density at radius 2 is 1.89 bits per heavy atom. The largest absolute Gasteiger partial charge is 0.433 e. The number of alkyl halides is 8. The summed E-state index contributed by atoms with van der Waals surface area (Å²) in [6.45, 7) is -2.30. The number of nitro groups is 1. The van der Waals surface area contributed by atoms with E-state index >= 15 is 0 Å². The number of nitrogens with zero attached hydrogens (tertiary/aromatic N) is 3. The first-order chi connectivity index (χ1) is 12.7. The van der Waals surface area contributed by atoms with Gasteiger partial charge in [-0.25, -0.2) is 0 Å². The molecule has 0 saturated carbocycles. The van der Waals surface area contributed by atoms with E-state index < -0.39 is 50.0 Å². The van der Waals surface area contributed by atoms with Gasteiger partial charge in [0.15, 0.2) is 5.69 Å². The zero-order chi connectivity index (χ0) is 21.4. The highest BCUT2D eigenvalue weighted by Crippen LogP contribution is 2.43. The van der Waals surface area contributed by atoms with Crippen molar-refractivity contribution in [1.82, 2.24) is 9.78 Å². The molecule has 0 amide bonds. The molecule has 14 heteroatoms. The van der Waals surface area contributed by atoms with E-state index in [4.69, 9.17) is 0 Å². The number of hydrogen-bond acceptors (Lipinski definition) is 4. The molecule has 0 spiro atoms. The van der Waals surface area contributed by atoms with Gasteiger partial charge in [-0.3, -0.25) is 10.1 Å². The normalized spacial score (nSPS) is 12.5. The molecule has 28 heavy (non-hydrogen) atoms. The van der Waals surface area contributed by atoms with Gasteiger partial charge in [0.25, 0.3) is 5.69 Å². The topological polar surface area (TPSA) is 70.2 Å². The first-order valence-electron chi connectivity index (χ1n) is 7.16. The SMILES string of the molecule is Cc1cc(Cc2c(OC(F)F)nn(C(F)(F)I)c2C(F)(F)F)ccc1[N+](=O)[O-]. The Hall–Kier alpha value is -2.13. The van der Waals surface area contributed by atoms with E-state index in [0.717, 1.165) is 18.2 Å². The molecule has 0 atom stereocenters. The molecule has 2 rings (SSSR count). The number of hydrogen-bond donors (Lipinski definition) is 0. The molecule has 0 N–H and O–H groups in total. The summed E-state index contributed by atoms with van der Waals surface area (Å²) in [7, 11) is 0. The van der Waals surface area contributed by atoms with Gasteiger partial charge < -0.3 is 4.74 Å². The van der Waals surface area contributed by atoms with Crippen molar-refractivity contribution in [2.24, 2.45) is 0 Å². The molecule has 0 aliphatic heterocycles. The summed E-state index contributed by atoms with van der Waals surface area (Å²) in [5, 5.41) is 13.7. The molecule has 154 valence electrons. The fourth-order valence-corrected chi connectivity index (χ4v) is 2.83. The number of aryl methyl sites for hydroxylation is 1. The summed E-state index contributed by atoms with van der Waals surface area (Å²) in [5.74, 6) is -1.31. The second-order valence-corrected chi connectivity index (χ2v) is 6.74. The lowest BCUT2D eigenvalue weighted by Crippen LogP contribution is -2.25. The second kappa shape index (κ2) is 7.71. The zero-order valence-corrected chi connectivity index (χ0v) is 15.8. The van der Waals surface area contributed by atoms with Crippen LogP contribution >= 0.6 is 22.6 Å². The van der Waals surface area contributed by atoms with Crippen molar-refractivity contribution in [1.29, 1.82) is 0 Å². The van der Waals surface area contributed by atoms with Gasteiger partial charge >= 0.3 is 16.8 Å². The number of rotatable bonds is 6. The van der Waals surface area contributed by atoms with Crippen molar-refractivity contribution in [3.05, 3.63) is 50.7 Å². The predicted octanol–water partition coefficient (Wildman–Crippen LogP) is 5.25. The highest BCUT2D eigenvalue weighted by molar-refractivity contribution is 14.1. The molecule has 1 aromatic heterocycles. The Morgan fingerprint density at radius 1 is 1.29 bits per heavy atom. The van der Waals surface area contributed by atoms with Gasteiger partial charge in [-0.2, -0.15) is 35.4 Å². The number of ether oxygens (including phenoxy) is 1. The van der Waals surface area contributed by atoms with Crippen LogP contribution in [0.25, 0.3) is 0 Å². The van der Waals surface area contributed by atoms with Crippen LogP contribution in [0, 0.1) is 17.0 Å². The van der Waals surface area contributed by atoms with Gasteiger partial charge in [-0.05, 0) is 18.6 Å². The average Bonchev–Trinajstić information content (AvgIpc) is 2.84. The van der Waals surface area contributed by atoms with Gasteiger partial charge in [0, 0.05) is 40.6 Å². The van der Waals surface area contributed by atoms with Crippen LogP contribution in [0.5, 0.6) is 5.88 Å². The van der Waals surface area contributed by atoms with Crippen LogP contribution < -0.4 is 4.74 Å². The van der Waals surface area contributed by atoms with Crippen LogP contribution in [0.2, 0.25) is 0 Å². The van der Waals surface area contributed by atoms with Gasteiger partial charge in [0.2, 0.25) is 5.88 Å². The first-order valence-corrected chi connectivity index (χ1v) is 8.24. The minimum absolute atomic E-state index is 0.0176. The molecule has 0 unspecified atom stereocenters. The van der Waals surface area contributed by atoms with Crippen molar-refractivity contribution in [2.75, 3.05) is 0 Å². The third-order valence-electron chi connectivity index (χ3n) is 3.49. The number of benzene rings is 1.